The van der Waals surface area contributed by atoms with Crippen LogP contribution in [0.1, 0.15) is 11.1 Å². The predicted molar refractivity (Wildman–Crippen MR) is 142 cm³/mol. The number of carbonyl (C=O) groups is 3. The number of benzene rings is 3. The van der Waals surface area contributed by atoms with Crippen LogP contribution in [-0.4, -0.2) is 35.6 Å². The first-order chi connectivity index (χ1) is 17.3. The van der Waals surface area contributed by atoms with Crippen molar-refractivity contribution in [3.8, 4) is 11.5 Å². The topological polar surface area (TPSA) is 84.9 Å². The van der Waals surface area contributed by atoms with Gasteiger partial charge in [-0.1, -0.05) is 41.4 Å². The Morgan fingerprint density at radius 3 is 2.33 bits per heavy atom. The zero-order valence-corrected chi connectivity index (χ0v) is 21.3. The van der Waals surface area contributed by atoms with Gasteiger partial charge in [-0.3, -0.25) is 19.3 Å². The molecule has 1 heterocycles. The van der Waals surface area contributed by atoms with Crippen LogP contribution in [-0.2, 0) is 16.2 Å². The molecule has 1 aliphatic heterocycles. The lowest BCUT2D eigenvalue weighted by atomic mass is 10.2. The van der Waals surface area contributed by atoms with E-state index in [-0.39, 0.29) is 11.4 Å². The maximum absolute atomic E-state index is 12.7. The molecule has 0 radical (unpaired) electrons. The summed E-state index contributed by atoms with van der Waals surface area (Å²) in [5, 5.41) is 3.10. The van der Waals surface area contributed by atoms with Crippen molar-refractivity contribution in [1.82, 2.24) is 4.90 Å². The van der Waals surface area contributed by atoms with Crippen molar-refractivity contribution >= 4 is 63.8 Å². The van der Waals surface area contributed by atoms with Crippen molar-refractivity contribution < 1.29 is 23.9 Å². The van der Waals surface area contributed by atoms with Gasteiger partial charge in [-0.15, -0.1) is 0 Å². The number of carbonyl (C=O) groups excluding carboxylic acids is 3. The summed E-state index contributed by atoms with van der Waals surface area (Å²) in [7, 11) is 1.54. The van der Waals surface area contributed by atoms with Crippen LogP contribution in [0.4, 0.5) is 10.5 Å². The van der Waals surface area contributed by atoms with Crippen molar-refractivity contribution in [2.24, 2.45) is 0 Å². The third-order valence-electron chi connectivity index (χ3n) is 5.12. The maximum atomic E-state index is 12.7. The highest BCUT2D eigenvalue weighted by Crippen LogP contribution is 2.32. The molecule has 3 aromatic rings. The molecule has 0 unspecified atom stereocenters. The second-order valence-electron chi connectivity index (χ2n) is 7.65. The molecule has 10 heteroatoms. The minimum absolute atomic E-state index is 0.238. The van der Waals surface area contributed by atoms with E-state index >= 15 is 0 Å². The van der Waals surface area contributed by atoms with E-state index in [1.807, 2.05) is 6.07 Å². The summed E-state index contributed by atoms with van der Waals surface area (Å²) in [6, 6.07) is 19.1. The summed E-state index contributed by atoms with van der Waals surface area (Å²) in [6.07, 6.45) is 1.61. The Morgan fingerprint density at radius 2 is 1.67 bits per heavy atom. The Labute approximate surface area is 222 Å². The van der Waals surface area contributed by atoms with E-state index in [2.05, 4.69) is 5.32 Å². The molecule has 0 spiro atoms. The lowest BCUT2D eigenvalue weighted by molar-refractivity contribution is -0.127. The average Bonchev–Trinajstić information content (AvgIpc) is 3.13. The highest BCUT2D eigenvalue weighted by Gasteiger charge is 2.36. The molecule has 1 saturated heterocycles. The summed E-state index contributed by atoms with van der Waals surface area (Å²) < 4.78 is 10.8. The van der Waals surface area contributed by atoms with E-state index in [0.29, 0.717) is 39.4 Å². The smallest absolute Gasteiger partial charge is 0.294 e. The zero-order valence-electron chi connectivity index (χ0n) is 19.0. The van der Waals surface area contributed by atoms with Gasteiger partial charge in [-0.2, -0.15) is 0 Å². The summed E-state index contributed by atoms with van der Waals surface area (Å²) >= 11 is 12.7. The summed E-state index contributed by atoms with van der Waals surface area (Å²) in [5.74, 6) is 0.277. The van der Waals surface area contributed by atoms with Gasteiger partial charge < -0.3 is 14.8 Å². The van der Waals surface area contributed by atoms with Gasteiger partial charge in [0.05, 0.1) is 22.1 Å². The number of rotatable bonds is 8. The molecule has 0 aliphatic carbocycles. The largest absolute Gasteiger partial charge is 0.497 e. The van der Waals surface area contributed by atoms with Gasteiger partial charge in [-0.25, -0.2) is 0 Å². The number of methoxy groups -OCH3 is 1. The molecule has 4 rings (SSSR count). The molecule has 0 bridgehead atoms. The number of nitrogens with zero attached hydrogens (tertiary/aromatic N) is 1. The van der Waals surface area contributed by atoms with Gasteiger partial charge in [0, 0.05) is 5.69 Å². The average molecular weight is 543 g/mol. The molecule has 7 nitrogen and oxygen atoms in total. The van der Waals surface area contributed by atoms with Gasteiger partial charge in [-0.05, 0) is 77.5 Å². The zero-order chi connectivity index (χ0) is 25.7. The highest BCUT2D eigenvalue weighted by atomic mass is 35.5. The molecule has 36 heavy (non-hydrogen) atoms. The molecule has 0 aromatic heterocycles. The Hall–Kier alpha value is -3.46. The minimum Gasteiger partial charge on any atom is -0.497 e. The SMILES string of the molecule is COc1ccc(NC(=O)CN2C(=O)S/C(=C/c3ccc(OCc4ccc(Cl)c(Cl)c4)cc3)C2=O)cc1. The molecular weight excluding hydrogens is 523 g/mol. The summed E-state index contributed by atoms with van der Waals surface area (Å²) in [4.78, 5) is 38.6. The van der Waals surface area contributed by atoms with Crippen molar-refractivity contribution in [1.29, 1.82) is 0 Å². The third kappa shape index (κ3) is 6.40. The normalized spacial score (nSPS) is 14.3. The van der Waals surface area contributed by atoms with Gasteiger partial charge in [0.15, 0.2) is 0 Å². The molecule has 3 aromatic carbocycles. The number of hydrogen-bond donors (Lipinski definition) is 1. The molecule has 184 valence electrons. The molecule has 0 atom stereocenters. The molecule has 0 saturated carbocycles. The van der Waals surface area contributed by atoms with E-state index in [0.717, 1.165) is 22.2 Å². The van der Waals surface area contributed by atoms with E-state index < -0.39 is 17.1 Å². The van der Waals surface area contributed by atoms with E-state index in [1.165, 1.54) is 0 Å². The Balaban J connectivity index is 1.34. The third-order valence-corrected chi connectivity index (χ3v) is 6.76. The molecule has 3 amide bonds. The molecule has 1 fully saturated rings. The number of amides is 3. The van der Waals surface area contributed by atoms with Crippen LogP contribution in [0.15, 0.2) is 71.6 Å². The van der Waals surface area contributed by atoms with Crippen LogP contribution >= 0.6 is 35.0 Å². The van der Waals surface area contributed by atoms with Crippen LogP contribution < -0.4 is 14.8 Å². The van der Waals surface area contributed by atoms with Gasteiger partial charge in [0.1, 0.15) is 24.7 Å². The van der Waals surface area contributed by atoms with Crippen LogP contribution in [0.3, 0.4) is 0 Å². The highest BCUT2D eigenvalue weighted by molar-refractivity contribution is 8.18. The Bertz CT molecular complexity index is 1330. The van der Waals surface area contributed by atoms with Crippen molar-refractivity contribution in [3.05, 3.63) is 92.8 Å². The van der Waals surface area contributed by atoms with Crippen molar-refractivity contribution in [2.75, 3.05) is 19.0 Å². The first kappa shape index (κ1) is 25.6. The monoisotopic (exact) mass is 542 g/mol. The Kier molecular flexibility index (Phi) is 8.20. The number of hydrogen-bond acceptors (Lipinski definition) is 6. The van der Waals surface area contributed by atoms with Crippen LogP contribution in [0.25, 0.3) is 6.08 Å². The summed E-state index contributed by atoms with van der Waals surface area (Å²) in [5.41, 5.74) is 2.12. The number of halogens is 2. The summed E-state index contributed by atoms with van der Waals surface area (Å²) in [6.45, 7) is -0.0662. The maximum Gasteiger partial charge on any atom is 0.294 e. The minimum atomic E-state index is -0.519. The van der Waals surface area contributed by atoms with Gasteiger partial charge in [0.2, 0.25) is 5.91 Å². The quantitative estimate of drug-likeness (QED) is 0.338. The van der Waals surface area contributed by atoms with E-state index in [9.17, 15) is 14.4 Å². The van der Waals surface area contributed by atoms with E-state index in [4.69, 9.17) is 32.7 Å². The predicted octanol–water partition coefficient (Wildman–Crippen LogP) is 6.26. The molecule has 1 aliphatic rings. The number of thioether (sulfide) groups is 1. The number of anilines is 1. The fraction of sp³-hybridized carbons (Fsp3) is 0.115. The second-order valence-corrected chi connectivity index (χ2v) is 9.46. The van der Waals surface area contributed by atoms with Gasteiger partial charge in [0.25, 0.3) is 11.1 Å². The lowest BCUT2D eigenvalue weighted by Gasteiger charge is -2.12. The standard InChI is InChI=1S/C26H20Cl2N2O5S/c1-34-19-9-5-18(6-10-19)29-24(31)14-30-25(32)23(36-26(30)33)13-16-2-7-20(8-3-16)35-15-17-4-11-21(27)22(28)12-17/h2-13H,14-15H2,1H3,(H,29,31)/b23-13+. The van der Waals surface area contributed by atoms with Crippen LogP contribution in [0.5, 0.6) is 11.5 Å². The number of imide groups is 1. The number of ether oxygens (including phenoxy) is 2. The van der Waals surface area contributed by atoms with Gasteiger partial charge >= 0.3 is 0 Å². The van der Waals surface area contributed by atoms with E-state index in [1.54, 1.807) is 73.8 Å². The van der Waals surface area contributed by atoms with Crippen molar-refractivity contribution in [3.63, 3.8) is 0 Å². The second kappa shape index (κ2) is 11.5. The number of nitrogens with one attached hydrogen (secondary N) is 1. The van der Waals surface area contributed by atoms with Crippen LogP contribution in [0.2, 0.25) is 10.0 Å². The Morgan fingerprint density at radius 1 is 0.972 bits per heavy atom. The first-order valence-electron chi connectivity index (χ1n) is 10.7. The molecule has 1 N–H and O–H groups in total. The fourth-order valence-corrected chi connectivity index (χ4v) is 4.42. The fourth-order valence-electron chi connectivity index (χ4n) is 3.26. The van der Waals surface area contributed by atoms with Crippen molar-refractivity contribution in [2.45, 2.75) is 6.61 Å². The van der Waals surface area contributed by atoms with Crippen LogP contribution in [0, 0.1) is 0 Å². The molecular formula is C26H20Cl2N2O5S. The lowest BCUT2D eigenvalue weighted by Crippen LogP contribution is -2.36. The first-order valence-corrected chi connectivity index (χ1v) is 12.3.